The molecule has 2 heterocycles. The molecule has 4 heteroatoms. The van der Waals surface area contributed by atoms with Crippen LogP contribution in [0.3, 0.4) is 0 Å². The molecule has 112 valence electrons. The fourth-order valence-corrected chi connectivity index (χ4v) is 6.54. The van der Waals surface area contributed by atoms with E-state index in [4.69, 9.17) is 0 Å². The number of hydrogen-bond acceptors (Lipinski definition) is 3. The zero-order valence-electron chi connectivity index (χ0n) is 12.4. The van der Waals surface area contributed by atoms with Gasteiger partial charge in [-0.1, -0.05) is 37.3 Å². The minimum Gasteiger partial charge on any atom is -0.335 e. The first-order chi connectivity index (χ1) is 10.3. The molecule has 0 radical (unpaired) electrons. The standard InChI is InChI=1S/C17H22N2S2/c1-2-16-12-20-17(21-16,13-19-11-10-18-14-19)9-8-15-6-4-3-5-7-15/h3-7,10-11,14,16H,2,8-9,12-13H2,1H3. The van der Waals surface area contributed by atoms with Gasteiger partial charge in [-0.25, -0.2) is 4.98 Å². The lowest BCUT2D eigenvalue weighted by molar-refractivity contribution is 0.592. The Morgan fingerprint density at radius 3 is 2.86 bits per heavy atom. The summed E-state index contributed by atoms with van der Waals surface area (Å²) in [6.45, 7) is 3.37. The van der Waals surface area contributed by atoms with Gasteiger partial charge in [0.25, 0.3) is 0 Å². The molecule has 0 N–H and O–H groups in total. The fourth-order valence-electron chi connectivity index (χ4n) is 2.75. The molecule has 1 aromatic heterocycles. The molecule has 3 rings (SSSR count). The van der Waals surface area contributed by atoms with Gasteiger partial charge in [0.2, 0.25) is 0 Å². The highest BCUT2D eigenvalue weighted by Gasteiger charge is 2.40. The zero-order valence-corrected chi connectivity index (χ0v) is 14.1. The molecular weight excluding hydrogens is 296 g/mol. The van der Waals surface area contributed by atoms with Crippen molar-refractivity contribution in [3.05, 3.63) is 54.6 Å². The number of rotatable bonds is 6. The Balaban J connectivity index is 1.70. The second kappa shape index (κ2) is 6.93. The van der Waals surface area contributed by atoms with E-state index in [0.29, 0.717) is 4.08 Å². The molecule has 0 saturated carbocycles. The van der Waals surface area contributed by atoms with Crippen molar-refractivity contribution in [3.8, 4) is 0 Å². The number of aryl methyl sites for hydroxylation is 1. The smallest absolute Gasteiger partial charge is 0.0946 e. The maximum absolute atomic E-state index is 4.20. The monoisotopic (exact) mass is 318 g/mol. The summed E-state index contributed by atoms with van der Waals surface area (Å²) in [6.07, 6.45) is 9.57. The first kappa shape index (κ1) is 15.0. The molecular formula is C17H22N2S2. The fraction of sp³-hybridized carbons (Fsp3) is 0.471. The van der Waals surface area contributed by atoms with Gasteiger partial charge in [0, 0.05) is 29.9 Å². The molecule has 2 nitrogen and oxygen atoms in total. The van der Waals surface area contributed by atoms with Gasteiger partial charge in [-0.05, 0) is 24.8 Å². The van der Waals surface area contributed by atoms with Gasteiger partial charge in [-0.15, -0.1) is 23.5 Å². The van der Waals surface area contributed by atoms with Crippen molar-refractivity contribution in [1.82, 2.24) is 9.55 Å². The summed E-state index contributed by atoms with van der Waals surface area (Å²) < 4.78 is 2.54. The Morgan fingerprint density at radius 2 is 2.19 bits per heavy atom. The SMILES string of the molecule is CCC1CSC(CCc2ccccc2)(Cn2ccnc2)S1. The third-order valence-electron chi connectivity index (χ3n) is 3.99. The van der Waals surface area contributed by atoms with Crippen LogP contribution >= 0.6 is 23.5 Å². The van der Waals surface area contributed by atoms with Crippen molar-refractivity contribution < 1.29 is 0 Å². The minimum absolute atomic E-state index is 0.303. The maximum Gasteiger partial charge on any atom is 0.0946 e. The van der Waals surface area contributed by atoms with Gasteiger partial charge in [0.1, 0.15) is 0 Å². The molecule has 1 aliphatic heterocycles. The lowest BCUT2D eigenvalue weighted by atomic mass is 10.1. The van der Waals surface area contributed by atoms with E-state index in [1.54, 1.807) is 0 Å². The summed E-state index contributed by atoms with van der Waals surface area (Å²) >= 11 is 4.34. The Labute approximate surface area is 135 Å². The van der Waals surface area contributed by atoms with Crippen molar-refractivity contribution in [2.24, 2.45) is 0 Å². The summed E-state index contributed by atoms with van der Waals surface area (Å²) in [5.74, 6) is 1.28. The highest BCUT2D eigenvalue weighted by Crippen LogP contribution is 2.52. The van der Waals surface area contributed by atoms with Gasteiger partial charge in [-0.3, -0.25) is 0 Å². The van der Waals surface area contributed by atoms with Crippen LogP contribution < -0.4 is 0 Å². The lowest BCUT2D eigenvalue weighted by Crippen LogP contribution is -2.25. The van der Waals surface area contributed by atoms with Crippen molar-refractivity contribution in [1.29, 1.82) is 0 Å². The Morgan fingerprint density at radius 1 is 1.33 bits per heavy atom. The number of nitrogens with zero attached hydrogens (tertiary/aromatic N) is 2. The molecule has 0 aliphatic carbocycles. The van der Waals surface area contributed by atoms with Crippen LogP contribution in [0.25, 0.3) is 0 Å². The van der Waals surface area contributed by atoms with Crippen LogP contribution in [0.5, 0.6) is 0 Å². The van der Waals surface area contributed by atoms with Crippen LogP contribution in [-0.2, 0) is 13.0 Å². The molecule has 1 aromatic carbocycles. The highest BCUT2D eigenvalue weighted by molar-refractivity contribution is 8.21. The Bertz CT molecular complexity index is 541. The summed E-state index contributed by atoms with van der Waals surface area (Å²) in [5.41, 5.74) is 1.45. The first-order valence-electron chi connectivity index (χ1n) is 7.61. The highest BCUT2D eigenvalue weighted by atomic mass is 32.2. The van der Waals surface area contributed by atoms with Crippen LogP contribution in [0.1, 0.15) is 25.3 Å². The first-order valence-corrected chi connectivity index (χ1v) is 9.48. The molecule has 1 saturated heterocycles. The molecule has 0 amide bonds. The Kier molecular flexibility index (Phi) is 4.96. The molecule has 2 atom stereocenters. The second-order valence-corrected chi connectivity index (χ2v) is 8.94. The van der Waals surface area contributed by atoms with Gasteiger partial charge in [0.05, 0.1) is 10.4 Å². The Hall–Kier alpha value is -0.870. The van der Waals surface area contributed by atoms with Crippen LogP contribution in [0, 0.1) is 0 Å². The van der Waals surface area contributed by atoms with Crippen molar-refractivity contribution in [2.45, 2.75) is 42.1 Å². The van der Waals surface area contributed by atoms with Gasteiger partial charge < -0.3 is 4.57 Å². The van der Waals surface area contributed by atoms with Crippen molar-refractivity contribution in [3.63, 3.8) is 0 Å². The van der Waals surface area contributed by atoms with Crippen LogP contribution in [-0.4, -0.2) is 24.6 Å². The molecule has 0 bridgehead atoms. The van der Waals surface area contributed by atoms with E-state index in [0.717, 1.165) is 18.2 Å². The normalized spacial score (nSPS) is 25.3. The van der Waals surface area contributed by atoms with Crippen molar-refractivity contribution in [2.75, 3.05) is 5.75 Å². The second-order valence-electron chi connectivity index (χ2n) is 5.59. The van der Waals surface area contributed by atoms with Gasteiger partial charge in [-0.2, -0.15) is 0 Å². The lowest BCUT2D eigenvalue weighted by Gasteiger charge is -2.28. The van der Waals surface area contributed by atoms with E-state index in [1.165, 1.54) is 24.2 Å². The van der Waals surface area contributed by atoms with E-state index < -0.39 is 0 Å². The van der Waals surface area contributed by atoms with Crippen molar-refractivity contribution >= 4 is 23.5 Å². The number of benzene rings is 1. The van der Waals surface area contributed by atoms with Crippen LogP contribution in [0.2, 0.25) is 0 Å². The maximum atomic E-state index is 4.20. The van der Waals surface area contributed by atoms with Crippen LogP contribution in [0.4, 0.5) is 0 Å². The summed E-state index contributed by atoms with van der Waals surface area (Å²) in [5, 5.41) is 0.800. The molecule has 1 fully saturated rings. The summed E-state index contributed by atoms with van der Waals surface area (Å²) in [4.78, 5) is 4.20. The average Bonchev–Trinajstić information content (AvgIpc) is 3.17. The number of thioether (sulfide) groups is 2. The molecule has 21 heavy (non-hydrogen) atoms. The largest absolute Gasteiger partial charge is 0.335 e. The van der Waals surface area contributed by atoms with E-state index in [2.05, 4.69) is 76.5 Å². The van der Waals surface area contributed by atoms with E-state index in [9.17, 15) is 0 Å². The van der Waals surface area contributed by atoms with E-state index in [1.807, 2.05) is 12.5 Å². The number of hydrogen-bond donors (Lipinski definition) is 0. The third kappa shape index (κ3) is 3.86. The molecule has 1 aliphatic rings. The van der Waals surface area contributed by atoms with E-state index in [-0.39, 0.29) is 0 Å². The molecule has 2 aromatic rings. The van der Waals surface area contributed by atoms with Gasteiger partial charge >= 0.3 is 0 Å². The average molecular weight is 319 g/mol. The topological polar surface area (TPSA) is 17.8 Å². The number of aromatic nitrogens is 2. The predicted octanol–water partition coefficient (Wildman–Crippen LogP) is 4.47. The van der Waals surface area contributed by atoms with Crippen LogP contribution in [0.15, 0.2) is 49.1 Å². The molecule has 2 unspecified atom stereocenters. The van der Waals surface area contributed by atoms with E-state index >= 15 is 0 Å². The third-order valence-corrected chi connectivity index (χ3v) is 7.87. The van der Waals surface area contributed by atoms with Gasteiger partial charge in [0.15, 0.2) is 0 Å². The quantitative estimate of drug-likeness (QED) is 0.782. The summed E-state index contributed by atoms with van der Waals surface area (Å²) in [6, 6.07) is 10.9. The molecule has 0 spiro atoms. The minimum atomic E-state index is 0.303. The number of imidazole rings is 1. The zero-order chi connectivity index (χ0) is 14.5. The predicted molar refractivity (Wildman–Crippen MR) is 93.8 cm³/mol. The summed E-state index contributed by atoms with van der Waals surface area (Å²) in [7, 11) is 0.